The van der Waals surface area contributed by atoms with E-state index in [2.05, 4.69) is 15.6 Å². The van der Waals surface area contributed by atoms with Crippen molar-refractivity contribution >= 4 is 17.6 Å². The largest absolute Gasteiger partial charge is 0.485 e. The molecule has 2 heterocycles. The average molecular weight is 472 g/mol. The van der Waals surface area contributed by atoms with Crippen LogP contribution < -0.4 is 15.4 Å². The predicted octanol–water partition coefficient (Wildman–Crippen LogP) is 4.12. The number of aryl methyl sites for hydroxylation is 2. The molecule has 0 spiro atoms. The number of rotatable bonds is 6. The average Bonchev–Trinajstić information content (AvgIpc) is 3.10. The number of hydrogen-bond donors (Lipinski definition) is 3. The van der Waals surface area contributed by atoms with Crippen LogP contribution in [0, 0.1) is 25.5 Å². The number of imidazole rings is 1. The number of ether oxygens (including phenoxy) is 1. The van der Waals surface area contributed by atoms with Crippen molar-refractivity contribution in [1.82, 2.24) is 20.0 Å². The van der Waals surface area contributed by atoms with Gasteiger partial charge in [0.2, 0.25) is 0 Å². The SMILES string of the molecule is Cc1cc(OCc2c(F)cccc2F)c2nc(C)c(C(=O)N[C@@H]3CCCC[C@H]3NC(=O)O)n2c1. The van der Waals surface area contributed by atoms with E-state index in [4.69, 9.17) is 9.84 Å². The lowest BCUT2D eigenvalue weighted by Crippen LogP contribution is -2.53. The first-order chi connectivity index (χ1) is 16.2. The maximum Gasteiger partial charge on any atom is 0.404 e. The van der Waals surface area contributed by atoms with E-state index < -0.39 is 17.7 Å². The van der Waals surface area contributed by atoms with Crippen molar-refractivity contribution in [3.05, 3.63) is 64.6 Å². The lowest BCUT2D eigenvalue weighted by Gasteiger charge is -2.31. The summed E-state index contributed by atoms with van der Waals surface area (Å²) < 4.78 is 35.4. The fourth-order valence-electron chi connectivity index (χ4n) is 4.43. The molecule has 0 saturated heterocycles. The number of pyridine rings is 1. The predicted molar refractivity (Wildman–Crippen MR) is 120 cm³/mol. The van der Waals surface area contributed by atoms with Gasteiger partial charge in [0, 0.05) is 12.2 Å². The molecule has 8 nitrogen and oxygen atoms in total. The molecular formula is C24H26F2N4O4. The second-order valence-corrected chi connectivity index (χ2v) is 8.53. The lowest BCUT2D eigenvalue weighted by atomic mass is 9.90. The van der Waals surface area contributed by atoms with E-state index in [0.29, 0.717) is 29.9 Å². The van der Waals surface area contributed by atoms with Gasteiger partial charge in [-0.3, -0.25) is 9.20 Å². The molecule has 4 rings (SSSR count). The van der Waals surface area contributed by atoms with E-state index in [1.165, 1.54) is 6.07 Å². The highest BCUT2D eigenvalue weighted by atomic mass is 19.1. The number of benzene rings is 1. The zero-order valence-electron chi connectivity index (χ0n) is 18.9. The van der Waals surface area contributed by atoms with Crippen LogP contribution in [0.2, 0.25) is 0 Å². The van der Waals surface area contributed by atoms with Crippen molar-refractivity contribution in [2.45, 2.75) is 58.2 Å². The molecule has 1 fully saturated rings. The molecular weight excluding hydrogens is 446 g/mol. The lowest BCUT2D eigenvalue weighted by molar-refractivity contribution is 0.0905. The van der Waals surface area contributed by atoms with Gasteiger partial charge in [0.25, 0.3) is 5.91 Å². The van der Waals surface area contributed by atoms with Crippen molar-refractivity contribution < 1.29 is 28.2 Å². The van der Waals surface area contributed by atoms with E-state index in [1.54, 1.807) is 30.5 Å². The number of amides is 2. The van der Waals surface area contributed by atoms with E-state index in [1.807, 2.05) is 0 Å². The highest BCUT2D eigenvalue weighted by Crippen LogP contribution is 2.26. The summed E-state index contributed by atoms with van der Waals surface area (Å²) >= 11 is 0. The first kappa shape index (κ1) is 23.5. The van der Waals surface area contributed by atoms with Gasteiger partial charge >= 0.3 is 6.09 Å². The number of nitrogens with one attached hydrogen (secondary N) is 2. The molecule has 1 aromatic carbocycles. The van der Waals surface area contributed by atoms with Crippen LogP contribution in [0.3, 0.4) is 0 Å². The highest BCUT2D eigenvalue weighted by Gasteiger charge is 2.30. The number of halogens is 2. The number of aromatic nitrogens is 2. The minimum atomic E-state index is -1.12. The summed E-state index contributed by atoms with van der Waals surface area (Å²) in [5.74, 6) is -1.51. The van der Waals surface area contributed by atoms with Crippen LogP contribution in [0.15, 0.2) is 30.5 Å². The molecule has 2 atom stereocenters. The molecule has 2 amide bonds. The maximum atomic E-state index is 14.0. The fraction of sp³-hybridized carbons (Fsp3) is 0.375. The third kappa shape index (κ3) is 4.80. The summed E-state index contributed by atoms with van der Waals surface area (Å²) in [6, 6.07) is 4.58. The zero-order chi connectivity index (χ0) is 24.4. The Balaban J connectivity index is 1.61. The summed E-state index contributed by atoms with van der Waals surface area (Å²) in [6.45, 7) is 3.15. The number of carbonyl (C=O) groups is 2. The van der Waals surface area contributed by atoms with Gasteiger partial charge in [-0.15, -0.1) is 0 Å². The van der Waals surface area contributed by atoms with Gasteiger partial charge < -0.3 is 20.5 Å². The minimum Gasteiger partial charge on any atom is -0.485 e. The Hall–Kier alpha value is -3.69. The molecule has 34 heavy (non-hydrogen) atoms. The third-order valence-electron chi connectivity index (χ3n) is 6.04. The summed E-state index contributed by atoms with van der Waals surface area (Å²) in [7, 11) is 0. The molecule has 10 heteroatoms. The number of carbonyl (C=O) groups excluding carboxylic acids is 1. The van der Waals surface area contributed by atoms with Crippen molar-refractivity contribution in [2.75, 3.05) is 0 Å². The Labute approximate surface area is 194 Å². The highest BCUT2D eigenvalue weighted by molar-refractivity contribution is 5.95. The van der Waals surface area contributed by atoms with Gasteiger partial charge in [0.05, 0.1) is 17.3 Å². The van der Waals surface area contributed by atoms with Crippen LogP contribution >= 0.6 is 0 Å². The van der Waals surface area contributed by atoms with Crippen LogP contribution in [-0.4, -0.2) is 38.6 Å². The molecule has 3 N–H and O–H groups in total. The van der Waals surface area contributed by atoms with Crippen molar-refractivity contribution in [1.29, 1.82) is 0 Å². The minimum absolute atomic E-state index is 0.197. The molecule has 0 radical (unpaired) electrons. The maximum absolute atomic E-state index is 14.0. The van der Waals surface area contributed by atoms with Gasteiger partial charge in [0.1, 0.15) is 23.9 Å². The summed E-state index contributed by atoms with van der Waals surface area (Å²) in [6.07, 6.45) is 3.68. The van der Waals surface area contributed by atoms with E-state index in [0.717, 1.165) is 30.5 Å². The van der Waals surface area contributed by atoms with Gasteiger partial charge in [-0.25, -0.2) is 18.6 Å². The smallest absolute Gasteiger partial charge is 0.404 e. The van der Waals surface area contributed by atoms with Crippen molar-refractivity contribution in [2.24, 2.45) is 0 Å². The first-order valence-corrected chi connectivity index (χ1v) is 11.1. The molecule has 0 bridgehead atoms. The normalized spacial score (nSPS) is 18.0. The second-order valence-electron chi connectivity index (χ2n) is 8.53. The topological polar surface area (TPSA) is 105 Å². The van der Waals surface area contributed by atoms with Crippen molar-refractivity contribution in [3.8, 4) is 5.75 Å². The van der Waals surface area contributed by atoms with Crippen LogP contribution in [-0.2, 0) is 6.61 Å². The molecule has 0 unspecified atom stereocenters. The van der Waals surface area contributed by atoms with Gasteiger partial charge in [-0.2, -0.15) is 0 Å². The Morgan fingerprint density at radius 3 is 2.44 bits per heavy atom. The first-order valence-electron chi connectivity index (χ1n) is 11.1. The molecule has 0 aliphatic heterocycles. The summed E-state index contributed by atoms with van der Waals surface area (Å²) in [5, 5.41) is 14.6. The Bertz CT molecular complexity index is 1220. The molecule has 1 aliphatic carbocycles. The van der Waals surface area contributed by atoms with E-state index in [9.17, 15) is 18.4 Å². The Morgan fingerprint density at radius 1 is 1.15 bits per heavy atom. The van der Waals surface area contributed by atoms with Crippen molar-refractivity contribution in [3.63, 3.8) is 0 Å². The number of carboxylic acid groups (broad SMARTS) is 1. The van der Waals surface area contributed by atoms with Crippen LogP contribution in [0.1, 0.15) is 53.0 Å². The standard InChI is InChI=1S/C24H26F2N4O4/c1-13-10-20(34-12-15-16(25)6-5-7-17(15)26)22-27-14(2)21(30(22)11-13)23(31)28-18-8-3-4-9-19(18)29-24(32)33/h5-7,10-11,18-19,29H,3-4,8-9,12H2,1-2H3,(H,28,31)(H,32,33)/t18-,19-/m1/s1. The summed E-state index contributed by atoms with van der Waals surface area (Å²) in [4.78, 5) is 28.9. The molecule has 2 aromatic heterocycles. The number of fused-ring (bicyclic) bond motifs is 1. The third-order valence-corrected chi connectivity index (χ3v) is 6.04. The second kappa shape index (κ2) is 9.66. The molecule has 3 aromatic rings. The van der Waals surface area contributed by atoms with E-state index >= 15 is 0 Å². The fourth-order valence-corrected chi connectivity index (χ4v) is 4.43. The Kier molecular flexibility index (Phi) is 6.67. The number of hydrogen-bond acceptors (Lipinski definition) is 4. The quantitative estimate of drug-likeness (QED) is 0.501. The van der Waals surface area contributed by atoms with Gasteiger partial charge in [-0.05, 0) is 50.5 Å². The van der Waals surface area contributed by atoms with Crippen LogP contribution in [0.4, 0.5) is 13.6 Å². The van der Waals surface area contributed by atoms with E-state index in [-0.39, 0.29) is 35.9 Å². The molecule has 1 aliphatic rings. The number of nitrogens with zero attached hydrogens (tertiary/aromatic N) is 2. The van der Waals surface area contributed by atoms with Crippen LogP contribution in [0.5, 0.6) is 5.75 Å². The van der Waals surface area contributed by atoms with Gasteiger partial charge in [0.15, 0.2) is 11.4 Å². The van der Waals surface area contributed by atoms with Gasteiger partial charge in [-0.1, -0.05) is 18.9 Å². The monoisotopic (exact) mass is 472 g/mol. The summed E-state index contributed by atoms with van der Waals surface area (Å²) in [5.41, 5.74) is 1.64. The molecule has 1 saturated carbocycles. The zero-order valence-corrected chi connectivity index (χ0v) is 18.9. The van der Waals surface area contributed by atoms with Crippen LogP contribution in [0.25, 0.3) is 5.65 Å². The Morgan fingerprint density at radius 2 is 1.79 bits per heavy atom. The molecule has 180 valence electrons.